The van der Waals surface area contributed by atoms with Crippen molar-refractivity contribution in [3.05, 3.63) is 53.0 Å². The van der Waals surface area contributed by atoms with Gasteiger partial charge < -0.3 is 14.6 Å². The number of amides is 2. The van der Waals surface area contributed by atoms with Crippen LogP contribution in [0.15, 0.2) is 34.2 Å². The Kier molecular flexibility index (Phi) is 6.59. The van der Waals surface area contributed by atoms with Crippen LogP contribution in [-0.4, -0.2) is 39.8 Å². The molecule has 4 rings (SSSR count). The summed E-state index contributed by atoms with van der Waals surface area (Å²) in [5.74, 6) is -1.17. The maximum Gasteiger partial charge on any atom is 0.229 e. The minimum atomic E-state index is -0.735. The van der Waals surface area contributed by atoms with Gasteiger partial charge >= 0.3 is 0 Å². The van der Waals surface area contributed by atoms with E-state index in [1.165, 1.54) is 23.6 Å². The van der Waals surface area contributed by atoms with Crippen molar-refractivity contribution in [1.82, 2.24) is 14.9 Å². The predicted octanol–water partition coefficient (Wildman–Crippen LogP) is 4.19. The number of carbonyl (C=O) groups is 2. The average Bonchev–Trinajstić information content (AvgIpc) is 3.41. The number of nitrogens with one attached hydrogen (secondary N) is 1. The minimum Gasteiger partial charge on any atom is -0.441 e. The number of likely N-dealkylation sites (tertiary alicyclic amines) is 1. The second-order valence-electron chi connectivity index (χ2n) is 7.68. The largest absolute Gasteiger partial charge is 0.441 e. The molecule has 7 nitrogen and oxygen atoms in total. The molecule has 1 N–H and O–H groups in total. The number of halogens is 2. The fourth-order valence-corrected chi connectivity index (χ4v) is 4.31. The Morgan fingerprint density at radius 2 is 2.06 bits per heavy atom. The van der Waals surface area contributed by atoms with E-state index in [9.17, 15) is 18.4 Å². The number of anilines is 1. The molecule has 10 heteroatoms. The number of carbonyl (C=O) groups excluding carboxylic acids is 2. The molecule has 1 saturated heterocycles. The van der Waals surface area contributed by atoms with Crippen LogP contribution in [0.1, 0.15) is 30.8 Å². The van der Waals surface area contributed by atoms with E-state index >= 15 is 0 Å². The van der Waals surface area contributed by atoms with E-state index in [1.807, 2.05) is 12.3 Å². The summed E-state index contributed by atoms with van der Waals surface area (Å²) < 4.78 is 32.5. The summed E-state index contributed by atoms with van der Waals surface area (Å²) in [6.07, 6.45) is 3.01. The quantitative estimate of drug-likeness (QED) is 0.596. The predicted molar refractivity (Wildman–Crippen MR) is 115 cm³/mol. The zero-order chi connectivity index (χ0) is 22.7. The Hall–Kier alpha value is -3.14. The summed E-state index contributed by atoms with van der Waals surface area (Å²) in [6, 6.07) is 3.21. The third-order valence-electron chi connectivity index (χ3n) is 5.37. The molecule has 1 aromatic carbocycles. The number of aromatic nitrogens is 2. The van der Waals surface area contributed by atoms with Gasteiger partial charge in [-0.2, -0.15) is 0 Å². The molecule has 1 fully saturated rings. The summed E-state index contributed by atoms with van der Waals surface area (Å²) >= 11 is 1.39. The molecule has 32 heavy (non-hydrogen) atoms. The smallest absolute Gasteiger partial charge is 0.229 e. The molecule has 1 aliphatic rings. The van der Waals surface area contributed by atoms with Gasteiger partial charge in [-0.05, 0) is 31.9 Å². The van der Waals surface area contributed by atoms with Gasteiger partial charge in [0.1, 0.15) is 11.6 Å². The second kappa shape index (κ2) is 9.56. The summed E-state index contributed by atoms with van der Waals surface area (Å²) in [6.45, 7) is 2.88. The van der Waals surface area contributed by atoms with Crippen molar-refractivity contribution in [3.63, 3.8) is 0 Å². The van der Waals surface area contributed by atoms with Crippen LogP contribution in [0.25, 0.3) is 11.3 Å². The monoisotopic (exact) mass is 460 g/mol. The van der Waals surface area contributed by atoms with Crippen molar-refractivity contribution in [2.24, 2.45) is 5.92 Å². The van der Waals surface area contributed by atoms with E-state index in [1.54, 1.807) is 4.90 Å². The van der Waals surface area contributed by atoms with Crippen molar-refractivity contribution in [2.75, 3.05) is 18.4 Å². The molecule has 1 aliphatic heterocycles. The fraction of sp³-hybridized carbons (Fsp3) is 0.364. The van der Waals surface area contributed by atoms with E-state index in [2.05, 4.69) is 15.3 Å². The van der Waals surface area contributed by atoms with Gasteiger partial charge in [-0.3, -0.25) is 9.59 Å². The first-order valence-electron chi connectivity index (χ1n) is 10.3. The summed E-state index contributed by atoms with van der Waals surface area (Å²) in [5, 5.41) is 5.32. The topological polar surface area (TPSA) is 88.3 Å². The number of piperidine rings is 1. The fourth-order valence-electron chi connectivity index (χ4n) is 3.62. The van der Waals surface area contributed by atoms with Crippen molar-refractivity contribution in [3.8, 4) is 11.3 Å². The normalized spacial score (nSPS) is 14.5. The molecule has 2 aromatic heterocycles. The van der Waals surface area contributed by atoms with Crippen LogP contribution < -0.4 is 5.32 Å². The van der Waals surface area contributed by atoms with Gasteiger partial charge in [0.2, 0.25) is 11.8 Å². The number of nitrogens with zero attached hydrogens (tertiary/aromatic N) is 3. The standard InChI is InChI=1S/C22H22F2N4O3S/c1-13-12-32-22(26-13)27-21(30)14-6-8-28(9-7-14)20(29)5-4-19-25-11-18(31-19)16-3-2-15(23)10-17(16)24/h2-3,10-12,14H,4-9H2,1H3,(H,26,27,30). The van der Waals surface area contributed by atoms with Crippen molar-refractivity contribution < 1.29 is 22.8 Å². The first kappa shape index (κ1) is 22.1. The lowest BCUT2D eigenvalue weighted by Crippen LogP contribution is -2.41. The zero-order valence-corrected chi connectivity index (χ0v) is 18.3. The molecule has 3 aromatic rings. The number of aryl methyl sites for hydroxylation is 2. The van der Waals surface area contributed by atoms with E-state index in [0.717, 1.165) is 17.8 Å². The molecule has 168 valence electrons. The number of benzene rings is 1. The molecule has 0 saturated carbocycles. The molecular weight excluding hydrogens is 438 g/mol. The molecule has 0 unspecified atom stereocenters. The van der Waals surface area contributed by atoms with Gasteiger partial charge in [0.05, 0.1) is 17.5 Å². The maximum absolute atomic E-state index is 13.9. The van der Waals surface area contributed by atoms with Crippen LogP contribution >= 0.6 is 11.3 Å². The van der Waals surface area contributed by atoms with Gasteiger partial charge in [0.15, 0.2) is 16.8 Å². The van der Waals surface area contributed by atoms with E-state index in [4.69, 9.17) is 4.42 Å². The van der Waals surface area contributed by atoms with Crippen LogP contribution in [0.3, 0.4) is 0 Å². The Morgan fingerprint density at radius 3 is 2.75 bits per heavy atom. The third-order valence-corrected chi connectivity index (χ3v) is 6.25. The van der Waals surface area contributed by atoms with Crippen LogP contribution in [-0.2, 0) is 16.0 Å². The molecule has 0 atom stereocenters. The van der Waals surface area contributed by atoms with Gasteiger partial charge in [0, 0.05) is 43.3 Å². The zero-order valence-electron chi connectivity index (χ0n) is 17.4. The number of hydrogen-bond acceptors (Lipinski definition) is 6. The summed E-state index contributed by atoms with van der Waals surface area (Å²) in [7, 11) is 0. The van der Waals surface area contributed by atoms with Crippen LogP contribution in [0.4, 0.5) is 13.9 Å². The number of thiazole rings is 1. The third kappa shape index (κ3) is 5.18. The van der Waals surface area contributed by atoms with E-state index in [0.29, 0.717) is 37.0 Å². The highest BCUT2D eigenvalue weighted by Gasteiger charge is 2.28. The number of rotatable bonds is 6. The highest BCUT2D eigenvalue weighted by atomic mass is 32.1. The minimum absolute atomic E-state index is 0.0490. The van der Waals surface area contributed by atoms with Crippen LogP contribution in [0.2, 0.25) is 0 Å². The van der Waals surface area contributed by atoms with Crippen LogP contribution in [0.5, 0.6) is 0 Å². The molecule has 0 spiro atoms. The average molecular weight is 461 g/mol. The van der Waals surface area contributed by atoms with Crippen molar-refractivity contribution in [2.45, 2.75) is 32.6 Å². The molecule has 3 heterocycles. The van der Waals surface area contributed by atoms with Gasteiger partial charge in [-0.25, -0.2) is 18.7 Å². The highest BCUT2D eigenvalue weighted by molar-refractivity contribution is 7.13. The molecule has 0 aliphatic carbocycles. The van der Waals surface area contributed by atoms with E-state index < -0.39 is 11.6 Å². The number of oxazole rings is 1. The lowest BCUT2D eigenvalue weighted by atomic mass is 9.95. The first-order chi connectivity index (χ1) is 15.4. The highest BCUT2D eigenvalue weighted by Crippen LogP contribution is 2.25. The van der Waals surface area contributed by atoms with Gasteiger partial charge in [-0.15, -0.1) is 11.3 Å². The van der Waals surface area contributed by atoms with Crippen LogP contribution in [0, 0.1) is 24.5 Å². The Bertz CT molecular complexity index is 1120. The Balaban J connectivity index is 1.25. The van der Waals surface area contributed by atoms with E-state index in [-0.39, 0.29) is 41.9 Å². The van der Waals surface area contributed by atoms with Crippen molar-refractivity contribution in [1.29, 1.82) is 0 Å². The molecular formula is C22H22F2N4O3S. The first-order valence-corrected chi connectivity index (χ1v) is 11.2. The second-order valence-corrected chi connectivity index (χ2v) is 8.54. The molecule has 0 bridgehead atoms. The summed E-state index contributed by atoms with van der Waals surface area (Å²) in [4.78, 5) is 35.0. The Morgan fingerprint density at radius 1 is 1.28 bits per heavy atom. The SMILES string of the molecule is Cc1csc(NC(=O)C2CCN(C(=O)CCc3ncc(-c4ccc(F)cc4F)o3)CC2)n1. The van der Waals surface area contributed by atoms with Gasteiger partial charge in [0.25, 0.3) is 0 Å². The lowest BCUT2D eigenvalue weighted by Gasteiger charge is -2.31. The van der Waals surface area contributed by atoms with Crippen molar-refractivity contribution >= 4 is 28.3 Å². The Labute approximate surface area is 187 Å². The molecule has 2 amide bonds. The lowest BCUT2D eigenvalue weighted by molar-refractivity contribution is -0.134. The summed E-state index contributed by atoms with van der Waals surface area (Å²) in [5.41, 5.74) is 0.983. The maximum atomic E-state index is 13.9. The van der Waals surface area contributed by atoms with Gasteiger partial charge in [-0.1, -0.05) is 0 Å². The molecule has 0 radical (unpaired) electrons. The number of hydrogen-bond donors (Lipinski definition) is 1.